The predicted molar refractivity (Wildman–Crippen MR) is 87.9 cm³/mol. The van der Waals surface area contributed by atoms with Crippen molar-refractivity contribution in [3.05, 3.63) is 23.7 Å². The Morgan fingerprint density at radius 1 is 1.39 bits per heavy atom. The Morgan fingerprint density at radius 2 is 2.17 bits per heavy atom. The lowest BCUT2D eigenvalue weighted by Gasteiger charge is -2.42. The van der Waals surface area contributed by atoms with Gasteiger partial charge in [0.15, 0.2) is 5.60 Å². The van der Waals surface area contributed by atoms with E-state index in [1.54, 1.807) is 0 Å². The molecule has 2 fully saturated rings. The van der Waals surface area contributed by atoms with Gasteiger partial charge in [-0.15, -0.1) is 0 Å². The summed E-state index contributed by atoms with van der Waals surface area (Å²) in [5.74, 6) is 2.30. The first-order valence-corrected chi connectivity index (χ1v) is 8.72. The average molecular weight is 320 g/mol. The second-order valence-corrected chi connectivity index (χ2v) is 7.37. The van der Waals surface area contributed by atoms with Gasteiger partial charge in [0.05, 0.1) is 6.54 Å². The van der Waals surface area contributed by atoms with Gasteiger partial charge in [0, 0.05) is 19.6 Å². The van der Waals surface area contributed by atoms with E-state index in [0.29, 0.717) is 25.4 Å². The number of hydrogen-bond donors (Lipinski definition) is 1. The smallest absolute Gasteiger partial charge is 0.255 e. The summed E-state index contributed by atoms with van der Waals surface area (Å²) in [6, 6.07) is 3.88. The number of hydrogen-bond acceptors (Lipinski definition) is 4. The fourth-order valence-electron chi connectivity index (χ4n) is 3.71. The first kappa shape index (κ1) is 16.5. The number of piperidine rings is 1. The van der Waals surface area contributed by atoms with Gasteiger partial charge in [0.25, 0.3) is 5.91 Å². The highest BCUT2D eigenvalue weighted by atomic mass is 16.3. The zero-order valence-corrected chi connectivity index (χ0v) is 14.3. The Bertz CT molecular complexity index is 552. The fourth-order valence-corrected chi connectivity index (χ4v) is 3.71. The Hall–Kier alpha value is -1.33. The molecule has 0 radical (unpaired) electrons. The average Bonchev–Trinajstić information content (AvgIpc) is 2.83. The molecule has 0 unspecified atom stereocenters. The van der Waals surface area contributed by atoms with E-state index >= 15 is 0 Å². The molecule has 23 heavy (non-hydrogen) atoms. The Labute approximate surface area is 138 Å². The van der Waals surface area contributed by atoms with Gasteiger partial charge in [-0.1, -0.05) is 6.42 Å². The lowest BCUT2D eigenvalue weighted by atomic mass is 9.83. The molecule has 2 aliphatic rings. The van der Waals surface area contributed by atoms with E-state index in [2.05, 4.69) is 0 Å². The van der Waals surface area contributed by atoms with E-state index in [4.69, 9.17) is 4.42 Å². The van der Waals surface area contributed by atoms with E-state index in [-0.39, 0.29) is 5.91 Å². The maximum absolute atomic E-state index is 12.7. The molecule has 0 aromatic carbocycles. The van der Waals surface area contributed by atoms with Crippen molar-refractivity contribution in [1.29, 1.82) is 0 Å². The van der Waals surface area contributed by atoms with E-state index in [1.165, 1.54) is 19.3 Å². The Kier molecular flexibility index (Phi) is 4.78. The molecule has 128 valence electrons. The van der Waals surface area contributed by atoms with Crippen molar-refractivity contribution in [2.75, 3.05) is 26.7 Å². The molecule has 1 aromatic rings. The van der Waals surface area contributed by atoms with Crippen molar-refractivity contribution in [2.24, 2.45) is 5.92 Å². The molecular weight excluding hydrogens is 292 g/mol. The highest BCUT2D eigenvalue weighted by molar-refractivity contribution is 5.86. The topological polar surface area (TPSA) is 56.9 Å². The molecule has 0 bridgehead atoms. The van der Waals surface area contributed by atoms with Crippen LogP contribution < -0.4 is 0 Å². The van der Waals surface area contributed by atoms with Gasteiger partial charge >= 0.3 is 0 Å². The quantitative estimate of drug-likeness (QED) is 0.873. The monoisotopic (exact) mass is 320 g/mol. The Balaban J connectivity index is 1.58. The van der Waals surface area contributed by atoms with Crippen LogP contribution in [0.3, 0.4) is 0 Å². The standard InChI is InChI=1S/C18H28N2O3/c1-14-7-8-16(23-14)12-19(2)13-18(22)9-4-10-20(17(18)21)11-15-5-3-6-15/h7-8,15,22H,3-6,9-13H2,1-2H3/t18-/m1/s1. The molecule has 1 aliphatic carbocycles. The van der Waals surface area contributed by atoms with Crippen LogP contribution in [0.15, 0.2) is 16.5 Å². The molecule has 1 aliphatic heterocycles. The summed E-state index contributed by atoms with van der Waals surface area (Å²) in [6.07, 6.45) is 5.15. The van der Waals surface area contributed by atoms with Crippen molar-refractivity contribution < 1.29 is 14.3 Å². The van der Waals surface area contributed by atoms with Crippen molar-refractivity contribution >= 4 is 5.91 Å². The predicted octanol–water partition coefficient (Wildman–Crippen LogP) is 2.17. The summed E-state index contributed by atoms with van der Waals surface area (Å²) in [6.45, 7) is 4.49. The highest BCUT2D eigenvalue weighted by Crippen LogP contribution is 2.30. The number of carbonyl (C=O) groups excluding carboxylic acids is 1. The number of carbonyl (C=O) groups is 1. The maximum Gasteiger partial charge on any atom is 0.255 e. The number of amides is 1. The van der Waals surface area contributed by atoms with Gasteiger partial charge in [-0.3, -0.25) is 9.69 Å². The second-order valence-electron chi connectivity index (χ2n) is 7.37. The zero-order valence-electron chi connectivity index (χ0n) is 14.3. The molecule has 2 heterocycles. The van der Waals surface area contributed by atoms with Gasteiger partial charge < -0.3 is 14.4 Å². The van der Waals surface area contributed by atoms with Crippen LogP contribution in [0.25, 0.3) is 0 Å². The van der Waals surface area contributed by atoms with Crippen LogP contribution >= 0.6 is 0 Å². The van der Waals surface area contributed by atoms with Gasteiger partial charge in [0.2, 0.25) is 0 Å². The molecule has 1 amide bonds. The van der Waals surface area contributed by atoms with Crippen LogP contribution in [0.5, 0.6) is 0 Å². The molecule has 1 N–H and O–H groups in total. The summed E-state index contributed by atoms with van der Waals surface area (Å²) < 4.78 is 5.58. The molecule has 5 heteroatoms. The summed E-state index contributed by atoms with van der Waals surface area (Å²) >= 11 is 0. The van der Waals surface area contributed by atoms with Gasteiger partial charge in [-0.05, 0) is 57.7 Å². The minimum absolute atomic E-state index is 0.0851. The van der Waals surface area contributed by atoms with Crippen LogP contribution in [0.1, 0.15) is 43.6 Å². The van der Waals surface area contributed by atoms with Crippen LogP contribution in [-0.4, -0.2) is 53.1 Å². The SMILES string of the molecule is Cc1ccc(CN(C)C[C@]2(O)CCCN(CC3CCC3)C2=O)o1. The summed E-state index contributed by atoms with van der Waals surface area (Å²) in [5, 5.41) is 10.9. The lowest BCUT2D eigenvalue weighted by molar-refractivity contribution is -0.160. The normalized spacial score (nSPS) is 25.9. The van der Waals surface area contributed by atoms with Crippen molar-refractivity contribution in [3.8, 4) is 0 Å². The number of nitrogens with zero attached hydrogens (tertiary/aromatic N) is 2. The maximum atomic E-state index is 12.7. The van der Waals surface area contributed by atoms with Crippen LogP contribution in [0.4, 0.5) is 0 Å². The number of likely N-dealkylation sites (tertiary alicyclic amines) is 1. The van der Waals surface area contributed by atoms with E-state index in [9.17, 15) is 9.90 Å². The molecule has 5 nitrogen and oxygen atoms in total. The van der Waals surface area contributed by atoms with Crippen molar-refractivity contribution in [2.45, 2.75) is 51.2 Å². The minimum atomic E-state index is -1.25. The molecule has 3 rings (SSSR count). The summed E-state index contributed by atoms with van der Waals surface area (Å²) in [7, 11) is 1.92. The lowest BCUT2D eigenvalue weighted by Crippen LogP contribution is -2.59. The molecule has 0 spiro atoms. The Morgan fingerprint density at radius 3 is 2.78 bits per heavy atom. The second kappa shape index (κ2) is 6.65. The molecular formula is C18H28N2O3. The largest absolute Gasteiger partial charge is 0.465 e. The molecule has 1 aromatic heterocycles. The molecule has 1 saturated heterocycles. The fraction of sp³-hybridized carbons (Fsp3) is 0.722. The van der Waals surface area contributed by atoms with Crippen molar-refractivity contribution in [1.82, 2.24) is 9.80 Å². The first-order valence-electron chi connectivity index (χ1n) is 8.72. The number of rotatable bonds is 6. The van der Waals surface area contributed by atoms with Gasteiger partial charge in [-0.25, -0.2) is 0 Å². The van der Waals surface area contributed by atoms with Crippen molar-refractivity contribution in [3.63, 3.8) is 0 Å². The van der Waals surface area contributed by atoms with Gasteiger partial charge in [-0.2, -0.15) is 0 Å². The van der Waals surface area contributed by atoms with E-state index in [0.717, 1.165) is 31.0 Å². The number of aryl methyl sites for hydroxylation is 1. The van der Waals surface area contributed by atoms with Gasteiger partial charge in [0.1, 0.15) is 11.5 Å². The third-order valence-corrected chi connectivity index (χ3v) is 5.16. The third kappa shape index (κ3) is 3.78. The van der Waals surface area contributed by atoms with E-state index in [1.807, 2.05) is 35.9 Å². The zero-order chi connectivity index (χ0) is 16.4. The number of aliphatic hydroxyl groups is 1. The highest BCUT2D eigenvalue weighted by Gasteiger charge is 2.43. The van der Waals surface area contributed by atoms with E-state index < -0.39 is 5.60 Å². The first-order chi connectivity index (χ1) is 11.0. The number of likely N-dealkylation sites (N-methyl/N-ethyl adjacent to an activating group) is 1. The summed E-state index contributed by atoms with van der Waals surface area (Å²) in [4.78, 5) is 16.6. The summed E-state index contributed by atoms with van der Waals surface area (Å²) in [5.41, 5.74) is -1.25. The van der Waals surface area contributed by atoms with Crippen LogP contribution in [0, 0.1) is 12.8 Å². The molecule has 1 saturated carbocycles. The van der Waals surface area contributed by atoms with Crippen LogP contribution in [0.2, 0.25) is 0 Å². The minimum Gasteiger partial charge on any atom is -0.465 e. The number of furan rings is 1. The molecule has 1 atom stereocenters. The third-order valence-electron chi connectivity index (χ3n) is 5.16. The van der Waals surface area contributed by atoms with Crippen LogP contribution in [-0.2, 0) is 11.3 Å².